The van der Waals surface area contributed by atoms with Crippen LogP contribution in [-0.2, 0) is 19.3 Å². The zero-order valence-electron chi connectivity index (χ0n) is 16.2. The highest BCUT2D eigenvalue weighted by molar-refractivity contribution is 5.40. The molecule has 2 N–H and O–H groups in total. The summed E-state index contributed by atoms with van der Waals surface area (Å²) in [5, 5.41) is 0. The van der Waals surface area contributed by atoms with Gasteiger partial charge in [0, 0.05) is 17.2 Å². The van der Waals surface area contributed by atoms with Gasteiger partial charge in [0.1, 0.15) is 50.8 Å². The summed E-state index contributed by atoms with van der Waals surface area (Å²) in [5.41, 5.74) is 0.981. The Morgan fingerprint density at radius 2 is 1.43 bits per heavy atom. The van der Waals surface area contributed by atoms with Crippen LogP contribution in [0.15, 0.2) is 42.5 Å². The van der Waals surface area contributed by atoms with Crippen molar-refractivity contribution in [2.75, 3.05) is 40.4 Å². The quantitative estimate of drug-likeness (QED) is 0.768. The first-order valence-electron chi connectivity index (χ1n) is 9.44. The molecule has 7 heteroatoms. The van der Waals surface area contributed by atoms with Gasteiger partial charge in [0.2, 0.25) is 0 Å². The van der Waals surface area contributed by atoms with Crippen molar-refractivity contribution < 1.29 is 32.4 Å². The molecule has 3 rings (SSSR count). The molecule has 0 atom stereocenters. The lowest BCUT2D eigenvalue weighted by atomic mass is 10.1. The SMILES string of the molecule is COc1ccc(C[NH+]2CC[NH+](Cc3ccccc3C(F)(F)F)CC2)c(OC)c1. The van der Waals surface area contributed by atoms with Crippen LogP contribution in [0.4, 0.5) is 13.2 Å². The third kappa shape index (κ3) is 4.97. The number of halogens is 3. The van der Waals surface area contributed by atoms with Crippen molar-refractivity contribution in [1.82, 2.24) is 0 Å². The molecular weight excluding hydrogens is 369 g/mol. The Kier molecular flexibility index (Phi) is 6.46. The first-order valence-corrected chi connectivity index (χ1v) is 9.44. The number of rotatable bonds is 6. The molecule has 0 radical (unpaired) electrons. The zero-order valence-corrected chi connectivity index (χ0v) is 16.2. The van der Waals surface area contributed by atoms with Gasteiger partial charge < -0.3 is 19.3 Å². The lowest BCUT2D eigenvalue weighted by molar-refractivity contribution is -1.02. The summed E-state index contributed by atoms with van der Waals surface area (Å²) in [6.45, 7) is 4.77. The number of piperazine rings is 1. The fourth-order valence-electron chi connectivity index (χ4n) is 3.80. The van der Waals surface area contributed by atoms with E-state index >= 15 is 0 Å². The minimum absolute atomic E-state index is 0.380. The summed E-state index contributed by atoms with van der Waals surface area (Å²) in [5.74, 6) is 1.56. The molecule has 0 amide bonds. The van der Waals surface area contributed by atoms with E-state index < -0.39 is 11.7 Å². The zero-order chi connectivity index (χ0) is 20.1. The molecule has 1 saturated heterocycles. The van der Waals surface area contributed by atoms with Crippen molar-refractivity contribution in [2.24, 2.45) is 0 Å². The van der Waals surface area contributed by atoms with Crippen molar-refractivity contribution in [3.8, 4) is 11.5 Å². The maximum Gasteiger partial charge on any atom is 0.416 e. The second-order valence-electron chi connectivity index (χ2n) is 7.19. The van der Waals surface area contributed by atoms with Gasteiger partial charge in [-0.3, -0.25) is 0 Å². The number of hydrogen-bond acceptors (Lipinski definition) is 2. The molecule has 0 aliphatic carbocycles. The highest BCUT2D eigenvalue weighted by Gasteiger charge is 2.34. The molecular formula is C21H27F3N2O2+2. The van der Waals surface area contributed by atoms with Gasteiger partial charge in [0.25, 0.3) is 0 Å². The number of nitrogens with one attached hydrogen (secondary N) is 2. The van der Waals surface area contributed by atoms with E-state index in [2.05, 4.69) is 0 Å². The Morgan fingerprint density at radius 1 is 0.821 bits per heavy atom. The van der Waals surface area contributed by atoms with Gasteiger partial charge in [-0.25, -0.2) is 0 Å². The van der Waals surface area contributed by atoms with Gasteiger partial charge in [-0.1, -0.05) is 18.2 Å². The van der Waals surface area contributed by atoms with Crippen LogP contribution in [-0.4, -0.2) is 40.4 Å². The molecule has 1 aliphatic heterocycles. The number of quaternary nitrogens is 2. The summed E-state index contributed by atoms with van der Waals surface area (Å²) in [7, 11) is 3.27. The average Bonchev–Trinajstić information content (AvgIpc) is 2.69. The Labute approximate surface area is 163 Å². The Balaban J connectivity index is 1.59. The fraction of sp³-hybridized carbons (Fsp3) is 0.429. The molecule has 0 bridgehead atoms. The van der Waals surface area contributed by atoms with Gasteiger partial charge in [-0.2, -0.15) is 13.2 Å². The van der Waals surface area contributed by atoms with Crippen LogP contribution in [0.2, 0.25) is 0 Å². The van der Waals surface area contributed by atoms with E-state index in [0.29, 0.717) is 12.1 Å². The van der Waals surface area contributed by atoms with E-state index in [0.717, 1.165) is 49.8 Å². The first-order chi connectivity index (χ1) is 13.4. The predicted octanol–water partition coefficient (Wildman–Crippen LogP) is 1.21. The fourth-order valence-corrected chi connectivity index (χ4v) is 3.80. The molecule has 0 unspecified atom stereocenters. The molecule has 152 valence electrons. The molecule has 1 heterocycles. The van der Waals surface area contributed by atoms with E-state index in [4.69, 9.17) is 9.47 Å². The standard InChI is InChI=1S/C21H25F3N2O2/c1-27-18-8-7-17(20(13-18)28-2)15-26-11-9-25(10-12-26)14-16-5-3-4-6-19(16)21(22,23)24/h3-8,13H,9-12,14-15H2,1-2H3/p+2. The number of alkyl halides is 3. The summed E-state index contributed by atoms with van der Waals surface area (Å²) >= 11 is 0. The maximum atomic E-state index is 13.2. The molecule has 2 aromatic carbocycles. The minimum Gasteiger partial charge on any atom is -0.497 e. The van der Waals surface area contributed by atoms with Crippen molar-refractivity contribution in [3.05, 3.63) is 59.2 Å². The predicted molar refractivity (Wildman–Crippen MR) is 99.8 cm³/mol. The smallest absolute Gasteiger partial charge is 0.416 e. The Bertz CT molecular complexity index is 787. The molecule has 2 aromatic rings. The third-order valence-corrected chi connectivity index (χ3v) is 5.36. The van der Waals surface area contributed by atoms with Crippen molar-refractivity contribution in [1.29, 1.82) is 0 Å². The second-order valence-corrected chi connectivity index (χ2v) is 7.19. The Hall–Kier alpha value is -2.25. The van der Waals surface area contributed by atoms with Crippen LogP contribution in [0.3, 0.4) is 0 Å². The molecule has 0 saturated carbocycles. The van der Waals surface area contributed by atoms with Crippen molar-refractivity contribution in [3.63, 3.8) is 0 Å². The first kappa shape index (κ1) is 20.5. The average molecular weight is 396 g/mol. The highest BCUT2D eigenvalue weighted by Crippen LogP contribution is 2.31. The van der Waals surface area contributed by atoms with E-state index in [1.165, 1.54) is 21.9 Å². The monoisotopic (exact) mass is 396 g/mol. The summed E-state index contributed by atoms with van der Waals surface area (Å²) in [6.07, 6.45) is -4.30. The van der Waals surface area contributed by atoms with E-state index in [9.17, 15) is 13.2 Å². The van der Waals surface area contributed by atoms with Crippen LogP contribution in [0.1, 0.15) is 16.7 Å². The lowest BCUT2D eigenvalue weighted by Gasteiger charge is -2.30. The second kappa shape index (κ2) is 8.84. The van der Waals surface area contributed by atoms with Gasteiger partial charge in [0.15, 0.2) is 0 Å². The maximum absolute atomic E-state index is 13.2. The van der Waals surface area contributed by atoms with Gasteiger partial charge in [-0.05, 0) is 18.2 Å². The largest absolute Gasteiger partial charge is 0.497 e. The molecule has 0 spiro atoms. The van der Waals surface area contributed by atoms with Crippen LogP contribution in [0, 0.1) is 0 Å². The molecule has 0 aromatic heterocycles. The normalized spacial score (nSPS) is 20.0. The van der Waals surface area contributed by atoms with Crippen molar-refractivity contribution in [2.45, 2.75) is 19.3 Å². The molecule has 1 fully saturated rings. The summed E-state index contributed by atoms with van der Waals surface area (Å²) in [4.78, 5) is 2.61. The Morgan fingerprint density at radius 3 is 2.00 bits per heavy atom. The lowest BCUT2D eigenvalue weighted by Crippen LogP contribution is -3.27. The molecule has 1 aliphatic rings. The van der Waals surface area contributed by atoms with Crippen LogP contribution in [0.5, 0.6) is 11.5 Å². The topological polar surface area (TPSA) is 27.3 Å². The van der Waals surface area contributed by atoms with E-state index in [1.54, 1.807) is 26.4 Å². The molecule has 28 heavy (non-hydrogen) atoms. The highest BCUT2D eigenvalue weighted by atomic mass is 19.4. The van der Waals surface area contributed by atoms with Gasteiger partial charge in [-0.15, -0.1) is 0 Å². The van der Waals surface area contributed by atoms with Crippen LogP contribution in [0.25, 0.3) is 0 Å². The summed E-state index contributed by atoms with van der Waals surface area (Å²) in [6, 6.07) is 11.7. The van der Waals surface area contributed by atoms with Crippen LogP contribution < -0.4 is 19.3 Å². The summed E-state index contributed by atoms with van der Waals surface area (Å²) < 4.78 is 50.3. The number of hydrogen-bond donors (Lipinski definition) is 2. The minimum atomic E-state index is -4.30. The van der Waals surface area contributed by atoms with E-state index in [1.807, 2.05) is 18.2 Å². The number of ether oxygens (including phenoxy) is 2. The van der Waals surface area contributed by atoms with Crippen molar-refractivity contribution >= 4 is 0 Å². The van der Waals surface area contributed by atoms with E-state index in [-0.39, 0.29) is 0 Å². The van der Waals surface area contributed by atoms with Crippen LogP contribution >= 0.6 is 0 Å². The third-order valence-electron chi connectivity index (χ3n) is 5.36. The number of benzene rings is 2. The van der Waals surface area contributed by atoms with Gasteiger partial charge in [0.05, 0.1) is 19.8 Å². The van der Waals surface area contributed by atoms with Gasteiger partial charge >= 0.3 is 6.18 Å². The number of methoxy groups -OCH3 is 2. The molecule has 4 nitrogen and oxygen atoms in total.